The second kappa shape index (κ2) is 16.9. The van der Waals surface area contributed by atoms with Gasteiger partial charge in [-0.3, -0.25) is 4.79 Å². The van der Waals surface area contributed by atoms with E-state index in [-0.39, 0.29) is 34.5 Å². The Morgan fingerprint density at radius 1 is 0.692 bits per heavy atom. The molecule has 370 valence electrons. The molecule has 0 radical (unpaired) electrons. The first-order valence-electron chi connectivity index (χ1n) is 23.7. The molecule has 8 rings (SSSR count). The van der Waals surface area contributed by atoms with Crippen LogP contribution in [0.2, 0.25) is 0 Å². The van der Waals surface area contributed by atoms with Gasteiger partial charge in [-0.15, -0.1) is 0 Å². The molecule has 0 aromatic carbocycles. The molecule has 3 aliphatic heterocycles. The summed E-state index contributed by atoms with van der Waals surface area (Å²) < 4.78 is 35.5. The van der Waals surface area contributed by atoms with Crippen molar-refractivity contribution in [1.29, 1.82) is 0 Å². The van der Waals surface area contributed by atoms with Gasteiger partial charge in [-0.1, -0.05) is 60.1 Å². The number of aliphatic carboxylic acids is 1. The summed E-state index contributed by atoms with van der Waals surface area (Å²) in [7, 11) is 0. The number of carboxylic acids is 1. The van der Waals surface area contributed by atoms with Crippen molar-refractivity contribution in [2.45, 2.75) is 211 Å². The summed E-state index contributed by atoms with van der Waals surface area (Å²) >= 11 is 0. The lowest BCUT2D eigenvalue weighted by Crippen LogP contribution is -2.68. The van der Waals surface area contributed by atoms with Crippen LogP contribution in [0.4, 0.5) is 0 Å². The van der Waals surface area contributed by atoms with E-state index in [1.165, 1.54) is 6.92 Å². The van der Waals surface area contributed by atoms with Gasteiger partial charge in [0, 0.05) is 0 Å². The number of carbonyl (C=O) groups is 2. The summed E-state index contributed by atoms with van der Waals surface area (Å²) in [5.74, 6) is -2.36. The molecule has 18 heteroatoms. The van der Waals surface area contributed by atoms with Gasteiger partial charge in [0.25, 0.3) is 0 Å². The fourth-order valence-electron chi connectivity index (χ4n) is 14.8. The number of hydrogen-bond acceptors (Lipinski definition) is 17. The molecule has 23 atom stereocenters. The van der Waals surface area contributed by atoms with E-state index < -0.39 is 139 Å². The minimum atomic E-state index is -1.82. The van der Waals surface area contributed by atoms with Crippen LogP contribution < -0.4 is 0 Å². The van der Waals surface area contributed by atoms with Crippen LogP contribution in [0, 0.1) is 50.2 Å². The molecule has 3 saturated heterocycles. The fourth-order valence-corrected chi connectivity index (χ4v) is 14.8. The SMILES string of the molecule is CC1OC(OC2C(OC(=O)C34CCC(C)(C)CC3C3=CCC5C6(C)CCC(OC7OC(C(=O)O)C(O)C(O)C7O)C(C)(C)C6CCC5(C)C3(C)CC4O)OCC(O)C2O)C(O)C(O)C1O. The zero-order valence-electron chi connectivity index (χ0n) is 38.9. The topological polar surface area (TPSA) is 292 Å². The first-order chi connectivity index (χ1) is 30.2. The van der Waals surface area contributed by atoms with Crippen molar-refractivity contribution in [3.05, 3.63) is 11.6 Å². The van der Waals surface area contributed by atoms with Gasteiger partial charge in [-0.25, -0.2) is 4.79 Å². The Morgan fingerprint density at radius 3 is 2.00 bits per heavy atom. The number of ether oxygens (including phenoxy) is 6. The number of rotatable bonds is 7. The Balaban J connectivity index is 1.06. The molecule has 4 saturated carbocycles. The number of carbonyl (C=O) groups excluding carboxylic acids is 1. The van der Waals surface area contributed by atoms with Crippen LogP contribution in [0.3, 0.4) is 0 Å². The molecule has 0 bridgehead atoms. The molecule has 0 aromatic heterocycles. The quantitative estimate of drug-likeness (QED) is 0.0963. The molecule has 23 unspecified atom stereocenters. The minimum absolute atomic E-state index is 0.115. The highest BCUT2D eigenvalue weighted by atomic mass is 16.8. The Bertz CT molecular complexity index is 1840. The molecule has 0 spiro atoms. The standard InChI is InChI=1S/C47H74O18/c1-20-28(50)30(52)33(55)38(61-20)64-36-29(51)23(48)19-60-40(36)65-41(59)47-16-15-42(2,3)17-22(47)21-9-10-25-44(6)13-12-27(62-39-34(56)31(53)32(54)35(63-39)37(57)58)43(4,5)24(44)11-14-45(25,7)46(21,8)18-26(47)49/h9,20,22-36,38-40,48-56H,10-19H2,1-8H3,(H,57,58). The van der Waals surface area contributed by atoms with Crippen molar-refractivity contribution in [2.75, 3.05) is 6.61 Å². The Labute approximate surface area is 380 Å². The van der Waals surface area contributed by atoms with Gasteiger partial charge >= 0.3 is 11.9 Å². The van der Waals surface area contributed by atoms with Crippen LogP contribution in [0.1, 0.15) is 113 Å². The van der Waals surface area contributed by atoms with Gasteiger partial charge in [0.15, 0.2) is 24.8 Å². The molecule has 18 nitrogen and oxygen atoms in total. The predicted octanol–water partition coefficient (Wildman–Crippen LogP) is 0.870. The lowest BCUT2D eigenvalue weighted by atomic mass is 9.33. The summed E-state index contributed by atoms with van der Waals surface area (Å²) in [5, 5.41) is 107. The molecular formula is C47H74O18. The third kappa shape index (κ3) is 7.58. The van der Waals surface area contributed by atoms with Crippen LogP contribution >= 0.6 is 0 Å². The summed E-state index contributed by atoms with van der Waals surface area (Å²) in [6, 6.07) is 0. The van der Waals surface area contributed by atoms with Crippen molar-refractivity contribution < 1.29 is 89.1 Å². The second-order valence-corrected chi connectivity index (χ2v) is 23.1. The van der Waals surface area contributed by atoms with Gasteiger partial charge in [-0.05, 0) is 110 Å². The number of carboxylic acid groups (broad SMARTS) is 1. The van der Waals surface area contributed by atoms with Gasteiger partial charge in [0.1, 0.15) is 54.2 Å². The van der Waals surface area contributed by atoms with E-state index in [1.807, 2.05) is 0 Å². The maximum atomic E-state index is 15.1. The van der Waals surface area contributed by atoms with E-state index >= 15 is 4.79 Å². The number of fused-ring (bicyclic) bond motifs is 7. The zero-order valence-corrected chi connectivity index (χ0v) is 38.9. The van der Waals surface area contributed by atoms with Gasteiger partial charge in [0.2, 0.25) is 6.29 Å². The van der Waals surface area contributed by atoms with Crippen LogP contribution in [0.15, 0.2) is 11.6 Å². The molecule has 8 aliphatic rings. The van der Waals surface area contributed by atoms with Crippen LogP contribution in [0.25, 0.3) is 0 Å². The highest BCUT2D eigenvalue weighted by Crippen LogP contribution is 2.76. The maximum absolute atomic E-state index is 15.1. The molecular weight excluding hydrogens is 852 g/mol. The van der Waals surface area contributed by atoms with Crippen LogP contribution in [0.5, 0.6) is 0 Å². The number of allylic oxidation sites excluding steroid dienone is 2. The lowest BCUT2D eigenvalue weighted by Gasteiger charge is -2.71. The van der Waals surface area contributed by atoms with Gasteiger partial charge in [0.05, 0.1) is 24.9 Å². The van der Waals surface area contributed by atoms with Crippen LogP contribution in [-0.2, 0) is 38.0 Å². The molecule has 10 N–H and O–H groups in total. The number of aliphatic hydroxyl groups is 9. The molecule has 3 heterocycles. The van der Waals surface area contributed by atoms with Gasteiger partial charge < -0.3 is 79.5 Å². The summed E-state index contributed by atoms with van der Waals surface area (Å²) in [4.78, 5) is 26.9. The summed E-state index contributed by atoms with van der Waals surface area (Å²) in [6.07, 6.45) is -16.0. The van der Waals surface area contributed by atoms with Crippen molar-refractivity contribution in [3.63, 3.8) is 0 Å². The Morgan fingerprint density at radius 2 is 1.34 bits per heavy atom. The first-order valence-corrected chi connectivity index (χ1v) is 23.7. The second-order valence-electron chi connectivity index (χ2n) is 23.1. The predicted molar refractivity (Wildman–Crippen MR) is 225 cm³/mol. The number of esters is 1. The molecule has 65 heavy (non-hydrogen) atoms. The molecule has 0 amide bonds. The van der Waals surface area contributed by atoms with Gasteiger partial charge in [-0.2, -0.15) is 0 Å². The lowest BCUT2D eigenvalue weighted by molar-refractivity contribution is -0.350. The Kier molecular flexibility index (Phi) is 12.9. The molecule has 5 aliphatic carbocycles. The largest absolute Gasteiger partial charge is 0.479 e. The number of aliphatic hydroxyl groups excluding tert-OH is 9. The fraction of sp³-hybridized carbons (Fsp3) is 0.915. The normalized spacial score (nSPS) is 53.9. The minimum Gasteiger partial charge on any atom is -0.479 e. The van der Waals surface area contributed by atoms with Crippen LogP contribution in [-0.4, -0.2) is 168 Å². The molecule has 7 fully saturated rings. The summed E-state index contributed by atoms with van der Waals surface area (Å²) in [5.41, 5.74) is -2.07. The van der Waals surface area contributed by atoms with Crippen molar-refractivity contribution >= 4 is 11.9 Å². The number of hydrogen-bond donors (Lipinski definition) is 10. The average molecular weight is 927 g/mol. The smallest absolute Gasteiger partial charge is 0.335 e. The maximum Gasteiger partial charge on any atom is 0.335 e. The van der Waals surface area contributed by atoms with E-state index in [0.717, 1.165) is 31.3 Å². The van der Waals surface area contributed by atoms with Crippen molar-refractivity contribution in [1.82, 2.24) is 0 Å². The summed E-state index contributed by atoms with van der Waals surface area (Å²) in [6.45, 7) is 16.6. The highest BCUT2D eigenvalue weighted by molar-refractivity contribution is 5.80. The van der Waals surface area contributed by atoms with Crippen molar-refractivity contribution in [2.24, 2.45) is 50.2 Å². The van der Waals surface area contributed by atoms with E-state index in [2.05, 4.69) is 54.5 Å². The third-order valence-corrected chi connectivity index (χ3v) is 18.9. The zero-order chi connectivity index (χ0) is 47.7. The van der Waals surface area contributed by atoms with E-state index in [9.17, 15) is 55.9 Å². The van der Waals surface area contributed by atoms with E-state index in [1.54, 1.807) is 0 Å². The van der Waals surface area contributed by atoms with E-state index in [4.69, 9.17) is 28.4 Å². The van der Waals surface area contributed by atoms with E-state index in [0.29, 0.717) is 25.7 Å². The Hall–Kier alpha value is -1.88. The monoisotopic (exact) mass is 926 g/mol. The molecule has 0 aromatic rings. The third-order valence-electron chi connectivity index (χ3n) is 18.9. The first kappa shape index (κ1) is 49.5. The average Bonchev–Trinajstić information content (AvgIpc) is 3.22. The highest BCUT2D eigenvalue weighted by Gasteiger charge is 2.72. The van der Waals surface area contributed by atoms with Crippen molar-refractivity contribution in [3.8, 4) is 0 Å².